The van der Waals surface area contributed by atoms with Crippen molar-refractivity contribution >= 4 is 29.1 Å². The van der Waals surface area contributed by atoms with E-state index >= 15 is 0 Å². The molecule has 2 aliphatic heterocycles. The normalized spacial score (nSPS) is 23.9. The molecule has 2 saturated heterocycles. The molecule has 8 heteroatoms. The molecule has 5 aliphatic rings. The Bertz CT molecular complexity index is 1170. The number of amides is 1. The SMILES string of the molecule is COCC1CC2(CCC2)C1.N#Cc1c(N2CC(NC=C=O)C2)ccc(C2CCC(=C3CCC3)NC2=O)c1Cl. The number of hydrogen-bond acceptors (Lipinski definition) is 6. The second kappa shape index (κ2) is 11.5. The van der Waals surface area contributed by atoms with Gasteiger partial charge in [0.05, 0.1) is 34.4 Å². The van der Waals surface area contributed by atoms with Gasteiger partial charge in [-0.25, -0.2) is 4.79 Å². The first kappa shape index (κ1) is 26.8. The highest BCUT2D eigenvalue weighted by molar-refractivity contribution is 6.33. The lowest BCUT2D eigenvalue weighted by atomic mass is 9.52. The number of halogens is 1. The summed E-state index contributed by atoms with van der Waals surface area (Å²) in [5.74, 6) is 2.24. The first-order valence-corrected chi connectivity index (χ1v) is 14.3. The maximum Gasteiger partial charge on any atom is 0.231 e. The Morgan fingerprint density at radius 3 is 2.55 bits per heavy atom. The van der Waals surface area contributed by atoms with Crippen LogP contribution < -0.4 is 15.5 Å². The molecular formula is C30H37ClN4O3. The van der Waals surface area contributed by atoms with Crippen LogP contribution in [0.1, 0.15) is 81.3 Å². The minimum absolute atomic E-state index is 0.0342. The molecule has 5 fully saturated rings. The molecule has 3 saturated carbocycles. The largest absolute Gasteiger partial charge is 0.384 e. The van der Waals surface area contributed by atoms with Gasteiger partial charge in [-0.3, -0.25) is 4.79 Å². The number of rotatable bonds is 6. The van der Waals surface area contributed by atoms with Gasteiger partial charge >= 0.3 is 0 Å². The van der Waals surface area contributed by atoms with Crippen molar-refractivity contribution in [2.45, 2.75) is 76.2 Å². The van der Waals surface area contributed by atoms with Gasteiger partial charge in [0.25, 0.3) is 0 Å². The van der Waals surface area contributed by atoms with E-state index in [-0.39, 0.29) is 17.9 Å². The lowest BCUT2D eigenvalue weighted by Gasteiger charge is -2.54. The Hall–Kier alpha value is -2.78. The minimum Gasteiger partial charge on any atom is -0.384 e. The molecule has 6 rings (SSSR count). The van der Waals surface area contributed by atoms with Crippen molar-refractivity contribution in [2.24, 2.45) is 11.3 Å². The summed E-state index contributed by atoms with van der Waals surface area (Å²) < 4.78 is 5.11. The van der Waals surface area contributed by atoms with Crippen LogP contribution in [0.15, 0.2) is 29.6 Å². The van der Waals surface area contributed by atoms with E-state index in [4.69, 9.17) is 16.3 Å². The van der Waals surface area contributed by atoms with Crippen LogP contribution in [0.5, 0.6) is 0 Å². The maximum absolute atomic E-state index is 12.7. The lowest BCUT2D eigenvalue weighted by molar-refractivity contribution is -0.122. The van der Waals surface area contributed by atoms with Crippen molar-refractivity contribution in [1.29, 1.82) is 5.26 Å². The van der Waals surface area contributed by atoms with E-state index in [2.05, 4.69) is 16.7 Å². The molecule has 1 aromatic rings. The highest BCUT2D eigenvalue weighted by Gasteiger charge is 2.47. The van der Waals surface area contributed by atoms with Gasteiger partial charge in [0.15, 0.2) is 0 Å². The number of piperidine rings is 1. The third-order valence-corrected chi connectivity index (χ3v) is 9.56. The van der Waals surface area contributed by atoms with Crippen molar-refractivity contribution in [3.05, 3.63) is 45.8 Å². The third kappa shape index (κ3) is 5.36. The standard InChI is InChI=1S/C21H21ClN4O2.C9H16O/c22-20-15(16-4-6-18(25-21(16)28)13-2-1-3-13)5-7-19(17(20)10-23)26-11-14(12-26)24-8-9-27;1-10-7-8-5-9(6-8)3-2-4-9/h5,7-8,14,16,24H,1-4,6,11-12H2,(H,25,28);8H,2-7H2,1H3. The van der Waals surface area contributed by atoms with Crippen LogP contribution in [0.3, 0.4) is 0 Å². The number of hydrogen-bond donors (Lipinski definition) is 2. The van der Waals surface area contributed by atoms with Gasteiger partial charge in [-0.2, -0.15) is 5.26 Å². The van der Waals surface area contributed by atoms with Crippen LogP contribution in [0.25, 0.3) is 0 Å². The van der Waals surface area contributed by atoms with Crippen LogP contribution in [0.2, 0.25) is 5.02 Å². The fourth-order valence-electron chi connectivity index (χ4n) is 6.69. The van der Waals surface area contributed by atoms with E-state index in [9.17, 15) is 14.9 Å². The molecule has 1 spiro atoms. The topological polar surface area (TPSA) is 94.5 Å². The van der Waals surface area contributed by atoms with Crippen LogP contribution in [-0.2, 0) is 14.3 Å². The zero-order chi connectivity index (χ0) is 26.7. The van der Waals surface area contributed by atoms with Crippen molar-refractivity contribution < 1.29 is 14.3 Å². The average Bonchev–Trinajstić information content (AvgIpc) is 2.79. The quantitative estimate of drug-likeness (QED) is 0.498. The lowest BCUT2D eigenvalue weighted by Crippen LogP contribution is -2.57. The molecule has 2 heterocycles. The summed E-state index contributed by atoms with van der Waals surface area (Å²) >= 11 is 6.58. The van der Waals surface area contributed by atoms with Gasteiger partial charge in [-0.1, -0.05) is 29.7 Å². The van der Waals surface area contributed by atoms with Crippen molar-refractivity contribution in [3.8, 4) is 6.07 Å². The summed E-state index contributed by atoms with van der Waals surface area (Å²) in [5, 5.41) is 16.1. The van der Waals surface area contributed by atoms with E-state index in [1.54, 1.807) is 5.94 Å². The van der Waals surface area contributed by atoms with Gasteiger partial charge < -0.3 is 20.3 Å². The van der Waals surface area contributed by atoms with Gasteiger partial charge in [0, 0.05) is 32.5 Å². The summed E-state index contributed by atoms with van der Waals surface area (Å²) in [6.45, 7) is 2.34. The molecule has 202 valence electrons. The van der Waals surface area contributed by atoms with E-state index in [1.807, 2.05) is 24.1 Å². The highest BCUT2D eigenvalue weighted by Crippen LogP contribution is 2.58. The van der Waals surface area contributed by atoms with Crippen molar-refractivity contribution in [2.75, 3.05) is 31.7 Å². The summed E-state index contributed by atoms with van der Waals surface area (Å²) in [4.78, 5) is 25.0. The number of nitriles is 1. The zero-order valence-corrected chi connectivity index (χ0v) is 22.9. The number of allylic oxidation sites excluding steroid dienone is 2. The molecule has 0 aromatic heterocycles. The predicted molar refractivity (Wildman–Crippen MR) is 147 cm³/mol. The molecule has 1 atom stereocenters. The van der Waals surface area contributed by atoms with E-state index in [1.165, 1.54) is 50.3 Å². The maximum atomic E-state index is 12.7. The monoisotopic (exact) mass is 536 g/mol. The van der Waals surface area contributed by atoms with Crippen molar-refractivity contribution in [1.82, 2.24) is 10.6 Å². The fourth-order valence-corrected chi connectivity index (χ4v) is 7.03. The molecular weight excluding hydrogens is 500 g/mol. The Balaban J connectivity index is 0.000000244. The second-order valence-electron chi connectivity index (χ2n) is 11.6. The number of carbonyl (C=O) groups excluding carboxylic acids is 2. The van der Waals surface area contributed by atoms with Crippen LogP contribution >= 0.6 is 11.6 Å². The molecule has 0 radical (unpaired) electrons. The van der Waals surface area contributed by atoms with Gasteiger partial charge in [0.2, 0.25) is 5.91 Å². The molecule has 7 nitrogen and oxygen atoms in total. The summed E-state index contributed by atoms with van der Waals surface area (Å²) in [6.07, 6.45) is 13.6. The van der Waals surface area contributed by atoms with Gasteiger partial charge in [-0.15, -0.1) is 0 Å². The summed E-state index contributed by atoms with van der Waals surface area (Å²) in [5.41, 5.74) is 5.18. The van der Waals surface area contributed by atoms with E-state index in [0.29, 0.717) is 30.1 Å². The number of nitrogens with zero attached hydrogens (tertiary/aromatic N) is 2. The number of ether oxygens (including phenoxy) is 1. The number of methoxy groups -OCH3 is 1. The van der Waals surface area contributed by atoms with Crippen molar-refractivity contribution in [3.63, 3.8) is 0 Å². The minimum atomic E-state index is -0.332. The number of benzene rings is 1. The predicted octanol–water partition coefficient (Wildman–Crippen LogP) is 4.98. The smallest absolute Gasteiger partial charge is 0.231 e. The number of carbonyl (C=O) groups is 1. The van der Waals surface area contributed by atoms with Gasteiger partial charge in [0.1, 0.15) is 12.0 Å². The Labute approximate surface area is 230 Å². The number of nitrogens with one attached hydrogen (secondary N) is 2. The Kier molecular flexibility index (Phi) is 8.14. The van der Waals surface area contributed by atoms with Crippen LogP contribution in [0.4, 0.5) is 5.69 Å². The molecule has 38 heavy (non-hydrogen) atoms. The summed E-state index contributed by atoms with van der Waals surface area (Å²) in [7, 11) is 1.81. The molecule has 3 aliphatic carbocycles. The van der Waals surface area contributed by atoms with E-state index in [0.717, 1.165) is 54.2 Å². The first-order chi connectivity index (χ1) is 18.5. The Morgan fingerprint density at radius 2 is 2.00 bits per heavy atom. The molecule has 1 unspecified atom stereocenters. The molecule has 2 N–H and O–H groups in total. The Morgan fingerprint density at radius 1 is 1.24 bits per heavy atom. The summed E-state index contributed by atoms with van der Waals surface area (Å²) in [6, 6.07) is 6.10. The molecule has 1 aromatic carbocycles. The zero-order valence-electron chi connectivity index (χ0n) is 22.2. The van der Waals surface area contributed by atoms with E-state index < -0.39 is 0 Å². The molecule has 0 bridgehead atoms. The third-order valence-electron chi connectivity index (χ3n) is 9.15. The fraction of sp³-hybridized carbons (Fsp3) is 0.600. The highest BCUT2D eigenvalue weighted by atomic mass is 35.5. The van der Waals surface area contributed by atoms with Crippen LogP contribution in [0, 0.1) is 22.7 Å². The first-order valence-electron chi connectivity index (χ1n) is 13.9. The number of anilines is 1. The average molecular weight is 537 g/mol. The second-order valence-corrected chi connectivity index (χ2v) is 12.0. The van der Waals surface area contributed by atoms with Crippen LogP contribution in [-0.4, -0.2) is 44.7 Å². The molecule has 1 amide bonds. The van der Waals surface area contributed by atoms with Gasteiger partial charge in [-0.05, 0) is 80.8 Å².